The zero-order valence-corrected chi connectivity index (χ0v) is 16.5. The third kappa shape index (κ3) is 3.32. The maximum Gasteiger partial charge on any atom is 0.100 e. The largest absolute Gasteiger partial charge is 0.369 e. The Morgan fingerprint density at radius 1 is 1.31 bits per heavy atom. The highest BCUT2D eigenvalue weighted by Crippen LogP contribution is 2.35. The molecule has 0 radical (unpaired) electrons. The van der Waals surface area contributed by atoms with Crippen LogP contribution in [0.5, 0.6) is 0 Å². The van der Waals surface area contributed by atoms with Gasteiger partial charge in [-0.05, 0) is 42.5 Å². The molecule has 3 rings (SSSR count). The minimum absolute atomic E-state index is 0.180. The van der Waals surface area contributed by atoms with Gasteiger partial charge >= 0.3 is 0 Å². The fraction of sp³-hybridized carbons (Fsp3) is 0.348. The lowest BCUT2D eigenvalue weighted by atomic mass is 9.87. The first-order valence-corrected chi connectivity index (χ1v) is 8.93. The summed E-state index contributed by atoms with van der Waals surface area (Å²) in [6.45, 7) is 17.9. The summed E-state index contributed by atoms with van der Waals surface area (Å²) in [7, 11) is 2.07. The van der Waals surface area contributed by atoms with E-state index in [4.69, 9.17) is 4.98 Å². The SMILES string of the molecule is C=C(CC(C)(C)C)c1ncn2c1CN(C)C(=C)c1cc(C#CC)ccc1-2. The topological polar surface area (TPSA) is 21.1 Å². The van der Waals surface area contributed by atoms with E-state index in [1.807, 2.05) is 13.3 Å². The zero-order chi connectivity index (χ0) is 19.1. The van der Waals surface area contributed by atoms with Crippen molar-refractivity contribution >= 4 is 11.3 Å². The molecule has 0 saturated carbocycles. The average Bonchev–Trinajstić information content (AvgIpc) is 2.92. The predicted molar refractivity (Wildman–Crippen MR) is 110 cm³/mol. The summed E-state index contributed by atoms with van der Waals surface area (Å²) in [5.41, 5.74) is 7.62. The number of aromatic nitrogens is 2. The molecule has 0 N–H and O–H groups in total. The van der Waals surface area contributed by atoms with Crippen LogP contribution in [0.2, 0.25) is 0 Å². The van der Waals surface area contributed by atoms with Crippen LogP contribution in [-0.2, 0) is 6.54 Å². The lowest BCUT2D eigenvalue weighted by Crippen LogP contribution is -2.16. The molecule has 0 bridgehead atoms. The first kappa shape index (κ1) is 18.1. The molecular formula is C23H27N3. The third-order valence-electron chi connectivity index (χ3n) is 4.63. The minimum atomic E-state index is 0.180. The first-order chi connectivity index (χ1) is 12.2. The van der Waals surface area contributed by atoms with E-state index in [9.17, 15) is 0 Å². The molecule has 1 aliphatic rings. The Kier molecular flexibility index (Phi) is 4.54. The van der Waals surface area contributed by atoms with Crippen molar-refractivity contribution in [3.05, 3.63) is 60.2 Å². The fourth-order valence-corrected chi connectivity index (χ4v) is 3.48. The molecule has 134 valence electrons. The summed E-state index contributed by atoms with van der Waals surface area (Å²) in [6, 6.07) is 6.28. The summed E-state index contributed by atoms with van der Waals surface area (Å²) in [5, 5.41) is 0. The van der Waals surface area contributed by atoms with E-state index >= 15 is 0 Å². The molecule has 26 heavy (non-hydrogen) atoms. The van der Waals surface area contributed by atoms with Crippen LogP contribution in [0.3, 0.4) is 0 Å². The van der Waals surface area contributed by atoms with Crippen molar-refractivity contribution in [2.45, 2.75) is 40.7 Å². The number of hydrogen-bond acceptors (Lipinski definition) is 2. The van der Waals surface area contributed by atoms with Crippen molar-refractivity contribution in [3.63, 3.8) is 0 Å². The van der Waals surface area contributed by atoms with E-state index in [0.29, 0.717) is 0 Å². The third-order valence-corrected chi connectivity index (χ3v) is 4.63. The second-order valence-corrected chi connectivity index (χ2v) is 8.16. The first-order valence-electron chi connectivity index (χ1n) is 8.93. The van der Waals surface area contributed by atoms with Crippen molar-refractivity contribution in [1.82, 2.24) is 14.5 Å². The number of rotatable bonds is 2. The summed E-state index contributed by atoms with van der Waals surface area (Å²) >= 11 is 0. The molecule has 1 aliphatic heterocycles. The van der Waals surface area contributed by atoms with Gasteiger partial charge in [0.25, 0.3) is 0 Å². The van der Waals surface area contributed by atoms with Crippen molar-refractivity contribution in [3.8, 4) is 17.5 Å². The number of allylic oxidation sites excluding steroid dienone is 1. The Balaban J connectivity index is 2.14. The number of benzene rings is 1. The van der Waals surface area contributed by atoms with Gasteiger partial charge in [-0.2, -0.15) is 0 Å². The fourth-order valence-electron chi connectivity index (χ4n) is 3.48. The number of imidazole rings is 1. The van der Waals surface area contributed by atoms with Gasteiger partial charge in [0.15, 0.2) is 0 Å². The van der Waals surface area contributed by atoms with Gasteiger partial charge < -0.3 is 9.47 Å². The molecule has 1 aromatic carbocycles. The lowest BCUT2D eigenvalue weighted by Gasteiger charge is -2.21. The highest BCUT2D eigenvalue weighted by molar-refractivity contribution is 5.74. The maximum absolute atomic E-state index is 4.72. The smallest absolute Gasteiger partial charge is 0.100 e. The van der Waals surface area contributed by atoms with Crippen LogP contribution in [0.4, 0.5) is 0 Å². The molecule has 2 aromatic rings. The Hall–Kier alpha value is -2.73. The van der Waals surface area contributed by atoms with Crippen LogP contribution in [0.15, 0.2) is 37.7 Å². The van der Waals surface area contributed by atoms with Crippen molar-refractivity contribution < 1.29 is 0 Å². The Morgan fingerprint density at radius 3 is 2.69 bits per heavy atom. The van der Waals surface area contributed by atoms with Gasteiger partial charge in [-0.1, -0.05) is 39.8 Å². The Bertz CT molecular complexity index is 942. The standard InChI is InChI=1S/C23H27N3/c1-8-9-18-10-11-20-19(12-18)17(3)25(7)14-21-22(24-15-26(20)21)16(2)13-23(4,5)6/h10-12,15H,2-3,13-14H2,1,4-7H3. The molecule has 3 nitrogen and oxygen atoms in total. The van der Waals surface area contributed by atoms with Crippen molar-refractivity contribution in [1.29, 1.82) is 0 Å². The van der Waals surface area contributed by atoms with Gasteiger partial charge in [0.1, 0.15) is 6.33 Å². The van der Waals surface area contributed by atoms with Crippen LogP contribution >= 0.6 is 0 Å². The highest BCUT2D eigenvalue weighted by Gasteiger charge is 2.25. The van der Waals surface area contributed by atoms with Crippen LogP contribution < -0.4 is 0 Å². The summed E-state index contributed by atoms with van der Waals surface area (Å²) in [5.74, 6) is 6.11. The van der Waals surface area contributed by atoms with Crippen LogP contribution in [-0.4, -0.2) is 21.5 Å². The van der Waals surface area contributed by atoms with E-state index in [2.05, 4.69) is 80.5 Å². The van der Waals surface area contributed by atoms with E-state index in [1.54, 1.807) is 0 Å². The average molecular weight is 345 g/mol. The second kappa shape index (κ2) is 6.53. The maximum atomic E-state index is 4.72. The van der Waals surface area contributed by atoms with Crippen LogP contribution in [0.25, 0.3) is 17.0 Å². The molecule has 0 aliphatic carbocycles. The quantitative estimate of drug-likeness (QED) is 0.705. The molecule has 1 aromatic heterocycles. The Labute approximate surface area is 157 Å². The van der Waals surface area contributed by atoms with E-state index in [1.165, 1.54) is 0 Å². The van der Waals surface area contributed by atoms with Gasteiger partial charge in [-0.25, -0.2) is 4.98 Å². The molecule has 0 spiro atoms. The van der Waals surface area contributed by atoms with Crippen LogP contribution in [0.1, 0.15) is 56.6 Å². The predicted octanol–water partition coefficient (Wildman–Crippen LogP) is 5.11. The van der Waals surface area contributed by atoms with Gasteiger partial charge in [-0.3, -0.25) is 0 Å². The molecule has 3 heteroatoms. The Morgan fingerprint density at radius 2 is 2.04 bits per heavy atom. The molecule has 0 fully saturated rings. The number of hydrogen-bond donors (Lipinski definition) is 0. The number of fused-ring (bicyclic) bond motifs is 3. The van der Waals surface area contributed by atoms with Crippen molar-refractivity contribution in [2.24, 2.45) is 5.41 Å². The van der Waals surface area contributed by atoms with Gasteiger partial charge in [0, 0.05) is 23.9 Å². The van der Waals surface area contributed by atoms with Gasteiger partial charge in [0.2, 0.25) is 0 Å². The monoisotopic (exact) mass is 345 g/mol. The summed E-state index contributed by atoms with van der Waals surface area (Å²) in [6.07, 6.45) is 2.83. The van der Waals surface area contributed by atoms with Gasteiger partial charge in [-0.15, -0.1) is 5.92 Å². The number of nitrogens with zero attached hydrogens (tertiary/aromatic N) is 3. The van der Waals surface area contributed by atoms with E-state index < -0.39 is 0 Å². The molecule has 0 atom stereocenters. The second-order valence-electron chi connectivity index (χ2n) is 8.16. The lowest BCUT2D eigenvalue weighted by molar-refractivity contribution is 0.426. The molecule has 0 amide bonds. The molecular weight excluding hydrogens is 318 g/mol. The van der Waals surface area contributed by atoms with Crippen molar-refractivity contribution in [2.75, 3.05) is 7.05 Å². The molecule has 0 saturated heterocycles. The van der Waals surface area contributed by atoms with E-state index in [-0.39, 0.29) is 5.41 Å². The summed E-state index contributed by atoms with van der Waals surface area (Å²) < 4.78 is 2.18. The minimum Gasteiger partial charge on any atom is -0.369 e. The van der Waals surface area contributed by atoms with E-state index in [0.717, 1.165) is 52.4 Å². The summed E-state index contributed by atoms with van der Waals surface area (Å²) in [4.78, 5) is 6.90. The normalized spacial score (nSPS) is 13.4. The highest BCUT2D eigenvalue weighted by atomic mass is 15.2. The van der Waals surface area contributed by atoms with Gasteiger partial charge in [0.05, 0.1) is 23.6 Å². The van der Waals surface area contributed by atoms with Crippen LogP contribution in [0, 0.1) is 17.3 Å². The molecule has 0 unspecified atom stereocenters. The zero-order valence-electron chi connectivity index (χ0n) is 16.5. The molecule has 2 heterocycles.